The first kappa shape index (κ1) is 13.1. The highest BCUT2D eigenvalue weighted by Crippen LogP contribution is 2.27. The van der Waals surface area contributed by atoms with Crippen molar-refractivity contribution in [3.05, 3.63) is 30.1 Å². The average Bonchev–Trinajstić information content (AvgIpc) is 2.31. The standard InChI is InChI=1S/C13H23N3/c1-5-13(2,3)16(4)12(9-14)11-7-6-8-15-10-11/h6-8,10,12H,5,9,14H2,1-4H3. The van der Waals surface area contributed by atoms with Crippen molar-refractivity contribution in [2.45, 2.75) is 38.8 Å². The van der Waals surface area contributed by atoms with Crippen LogP contribution in [0.5, 0.6) is 0 Å². The predicted molar refractivity (Wildman–Crippen MR) is 68.2 cm³/mol. The minimum Gasteiger partial charge on any atom is -0.329 e. The normalized spacial score (nSPS) is 14.1. The Morgan fingerprint density at radius 2 is 2.19 bits per heavy atom. The van der Waals surface area contributed by atoms with Crippen LogP contribution in [0.3, 0.4) is 0 Å². The van der Waals surface area contributed by atoms with Gasteiger partial charge in [0.2, 0.25) is 0 Å². The lowest BCUT2D eigenvalue weighted by molar-refractivity contribution is 0.100. The molecular weight excluding hydrogens is 198 g/mol. The second-order valence-electron chi connectivity index (χ2n) is 4.81. The molecular formula is C13H23N3. The van der Waals surface area contributed by atoms with Crippen LogP contribution in [0.4, 0.5) is 0 Å². The molecule has 0 amide bonds. The predicted octanol–water partition coefficient (Wildman–Crippen LogP) is 2.20. The van der Waals surface area contributed by atoms with E-state index in [2.05, 4.69) is 43.8 Å². The third-order valence-corrected chi connectivity index (χ3v) is 3.58. The van der Waals surface area contributed by atoms with Crippen LogP contribution in [0, 0.1) is 0 Å². The molecule has 1 unspecified atom stereocenters. The van der Waals surface area contributed by atoms with Gasteiger partial charge in [-0.3, -0.25) is 9.88 Å². The maximum Gasteiger partial charge on any atom is 0.0487 e. The topological polar surface area (TPSA) is 42.1 Å². The molecule has 16 heavy (non-hydrogen) atoms. The summed E-state index contributed by atoms with van der Waals surface area (Å²) >= 11 is 0. The molecule has 0 aromatic carbocycles. The number of nitrogens with zero attached hydrogens (tertiary/aromatic N) is 2. The molecule has 0 saturated heterocycles. The lowest BCUT2D eigenvalue weighted by Gasteiger charge is -2.40. The smallest absolute Gasteiger partial charge is 0.0487 e. The average molecular weight is 221 g/mol. The van der Waals surface area contributed by atoms with E-state index in [0.717, 1.165) is 6.42 Å². The number of likely N-dealkylation sites (N-methyl/N-ethyl adjacent to an activating group) is 1. The molecule has 0 spiro atoms. The molecule has 0 radical (unpaired) electrons. The number of nitrogens with two attached hydrogens (primary N) is 1. The molecule has 1 atom stereocenters. The molecule has 1 aromatic heterocycles. The molecule has 1 aromatic rings. The molecule has 0 aliphatic rings. The van der Waals surface area contributed by atoms with Crippen LogP contribution in [-0.2, 0) is 0 Å². The van der Waals surface area contributed by atoms with E-state index in [9.17, 15) is 0 Å². The van der Waals surface area contributed by atoms with E-state index in [1.807, 2.05) is 12.3 Å². The van der Waals surface area contributed by atoms with Crippen LogP contribution in [0.1, 0.15) is 38.8 Å². The van der Waals surface area contributed by atoms with Gasteiger partial charge in [0.25, 0.3) is 0 Å². The third-order valence-electron chi connectivity index (χ3n) is 3.58. The first-order valence-electron chi connectivity index (χ1n) is 5.86. The summed E-state index contributed by atoms with van der Waals surface area (Å²) in [7, 11) is 2.13. The van der Waals surface area contributed by atoms with Crippen LogP contribution in [0.25, 0.3) is 0 Å². The molecule has 1 rings (SSSR count). The lowest BCUT2D eigenvalue weighted by atomic mass is 9.95. The SMILES string of the molecule is CCC(C)(C)N(C)C(CN)c1cccnc1. The Bertz CT molecular complexity index is 308. The monoisotopic (exact) mass is 221 g/mol. The van der Waals surface area contributed by atoms with Crippen molar-refractivity contribution >= 4 is 0 Å². The molecule has 0 aliphatic heterocycles. The van der Waals surface area contributed by atoms with E-state index < -0.39 is 0 Å². The fourth-order valence-corrected chi connectivity index (χ4v) is 1.76. The largest absolute Gasteiger partial charge is 0.329 e. The van der Waals surface area contributed by atoms with Crippen molar-refractivity contribution in [1.82, 2.24) is 9.88 Å². The Labute approximate surface area is 98.7 Å². The molecule has 0 bridgehead atoms. The number of hydrogen-bond acceptors (Lipinski definition) is 3. The van der Waals surface area contributed by atoms with Gasteiger partial charge in [-0.2, -0.15) is 0 Å². The minimum absolute atomic E-state index is 0.153. The summed E-state index contributed by atoms with van der Waals surface area (Å²) in [5, 5.41) is 0. The Morgan fingerprint density at radius 3 is 2.62 bits per heavy atom. The molecule has 0 fully saturated rings. The van der Waals surface area contributed by atoms with Gasteiger partial charge in [0.05, 0.1) is 0 Å². The minimum atomic E-state index is 0.153. The summed E-state index contributed by atoms with van der Waals surface area (Å²) in [6.45, 7) is 7.30. The quantitative estimate of drug-likeness (QED) is 0.829. The van der Waals surface area contributed by atoms with E-state index in [1.165, 1.54) is 5.56 Å². The zero-order valence-electron chi connectivity index (χ0n) is 10.8. The number of hydrogen-bond donors (Lipinski definition) is 1. The van der Waals surface area contributed by atoms with E-state index in [1.54, 1.807) is 6.20 Å². The highest BCUT2D eigenvalue weighted by molar-refractivity contribution is 5.15. The first-order valence-corrected chi connectivity index (χ1v) is 5.86. The highest BCUT2D eigenvalue weighted by atomic mass is 15.2. The Hall–Kier alpha value is -0.930. The molecule has 0 aliphatic carbocycles. The van der Waals surface area contributed by atoms with Gasteiger partial charge in [-0.1, -0.05) is 13.0 Å². The summed E-state index contributed by atoms with van der Waals surface area (Å²) in [6, 6.07) is 4.29. The van der Waals surface area contributed by atoms with Crippen molar-refractivity contribution in [3.8, 4) is 0 Å². The van der Waals surface area contributed by atoms with Gasteiger partial charge in [0, 0.05) is 30.5 Å². The van der Waals surface area contributed by atoms with Gasteiger partial charge in [-0.25, -0.2) is 0 Å². The molecule has 2 N–H and O–H groups in total. The maximum atomic E-state index is 5.89. The fourth-order valence-electron chi connectivity index (χ4n) is 1.76. The number of pyridine rings is 1. The van der Waals surface area contributed by atoms with Crippen molar-refractivity contribution in [1.29, 1.82) is 0 Å². The van der Waals surface area contributed by atoms with Gasteiger partial charge in [0.15, 0.2) is 0 Å². The van der Waals surface area contributed by atoms with Gasteiger partial charge >= 0.3 is 0 Å². The van der Waals surface area contributed by atoms with Crippen LogP contribution in [0.15, 0.2) is 24.5 Å². The summed E-state index contributed by atoms with van der Waals surface area (Å²) in [5.41, 5.74) is 7.23. The second kappa shape index (κ2) is 5.41. The number of aromatic nitrogens is 1. The van der Waals surface area contributed by atoms with Crippen LogP contribution in [-0.4, -0.2) is 29.0 Å². The summed E-state index contributed by atoms with van der Waals surface area (Å²) in [5.74, 6) is 0. The van der Waals surface area contributed by atoms with Crippen molar-refractivity contribution in [2.75, 3.05) is 13.6 Å². The lowest BCUT2D eigenvalue weighted by Crippen LogP contribution is -2.45. The van der Waals surface area contributed by atoms with Gasteiger partial charge in [-0.05, 0) is 38.9 Å². The fraction of sp³-hybridized carbons (Fsp3) is 0.615. The molecule has 0 saturated carbocycles. The number of rotatable bonds is 5. The Morgan fingerprint density at radius 1 is 1.50 bits per heavy atom. The van der Waals surface area contributed by atoms with Crippen molar-refractivity contribution < 1.29 is 0 Å². The molecule has 3 heteroatoms. The van der Waals surface area contributed by atoms with Crippen molar-refractivity contribution in [2.24, 2.45) is 5.73 Å². The Balaban J connectivity index is 2.91. The van der Waals surface area contributed by atoms with E-state index >= 15 is 0 Å². The van der Waals surface area contributed by atoms with Gasteiger partial charge < -0.3 is 5.73 Å². The highest BCUT2D eigenvalue weighted by Gasteiger charge is 2.27. The van der Waals surface area contributed by atoms with Crippen LogP contribution < -0.4 is 5.73 Å². The van der Waals surface area contributed by atoms with Crippen LogP contribution in [0.2, 0.25) is 0 Å². The van der Waals surface area contributed by atoms with E-state index in [4.69, 9.17) is 5.73 Å². The van der Waals surface area contributed by atoms with Crippen LogP contribution >= 0.6 is 0 Å². The van der Waals surface area contributed by atoms with Gasteiger partial charge in [0.1, 0.15) is 0 Å². The second-order valence-corrected chi connectivity index (χ2v) is 4.81. The molecule has 3 nitrogen and oxygen atoms in total. The van der Waals surface area contributed by atoms with E-state index in [-0.39, 0.29) is 11.6 Å². The van der Waals surface area contributed by atoms with Gasteiger partial charge in [-0.15, -0.1) is 0 Å². The zero-order valence-corrected chi connectivity index (χ0v) is 10.8. The van der Waals surface area contributed by atoms with Crippen molar-refractivity contribution in [3.63, 3.8) is 0 Å². The molecule has 90 valence electrons. The first-order chi connectivity index (χ1) is 7.53. The summed E-state index contributed by atoms with van der Waals surface area (Å²) < 4.78 is 0. The Kier molecular flexibility index (Phi) is 4.44. The zero-order chi connectivity index (χ0) is 12.2. The third kappa shape index (κ3) is 2.80. The summed E-state index contributed by atoms with van der Waals surface area (Å²) in [4.78, 5) is 6.50. The molecule has 1 heterocycles. The maximum absolute atomic E-state index is 5.89. The van der Waals surface area contributed by atoms with E-state index in [0.29, 0.717) is 6.54 Å². The summed E-state index contributed by atoms with van der Waals surface area (Å²) in [6.07, 6.45) is 4.79.